The van der Waals surface area contributed by atoms with Crippen LogP contribution in [0.3, 0.4) is 0 Å². The van der Waals surface area contributed by atoms with Crippen molar-refractivity contribution in [3.8, 4) is 0 Å². The molecule has 0 spiro atoms. The molecule has 0 aliphatic heterocycles. The molecule has 0 fully saturated rings. The van der Waals surface area contributed by atoms with Gasteiger partial charge in [-0.25, -0.2) is 13.8 Å². The van der Waals surface area contributed by atoms with Gasteiger partial charge >= 0.3 is 0 Å². The van der Waals surface area contributed by atoms with Gasteiger partial charge in [-0.15, -0.1) is 0 Å². The molecule has 0 aliphatic carbocycles. The second-order valence-electron chi connectivity index (χ2n) is 6.77. The number of aromatic amines is 1. The monoisotopic (exact) mass is 341 g/mol. The molecular formula is C16H21F2N3OS. The molecule has 1 aromatic heterocycles. The van der Waals surface area contributed by atoms with Gasteiger partial charge in [-0.05, 0) is 42.1 Å². The van der Waals surface area contributed by atoms with Crippen molar-refractivity contribution in [2.75, 3.05) is 0 Å². The normalized spacial score (nSPS) is 14.7. The van der Waals surface area contributed by atoms with Gasteiger partial charge in [0, 0.05) is 6.07 Å². The summed E-state index contributed by atoms with van der Waals surface area (Å²) < 4.78 is 28.7. The molecule has 1 unspecified atom stereocenters. The van der Waals surface area contributed by atoms with E-state index in [2.05, 4.69) is 10.1 Å². The molecule has 2 N–H and O–H groups in total. The number of aliphatic hydroxyl groups is 1. The Hall–Kier alpha value is -1.60. The first-order valence-corrected chi connectivity index (χ1v) is 7.80. The lowest BCUT2D eigenvalue weighted by atomic mass is 9.73. The minimum atomic E-state index is -1.14. The number of benzene rings is 1. The molecule has 0 bridgehead atoms. The topological polar surface area (TPSA) is 53.8 Å². The van der Waals surface area contributed by atoms with Crippen LogP contribution in [0.4, 0.5) is 8.78 Å². The molecule has 1 atom stereocenters. The molecule has 1 aromatic carbocycles. The van der Waals surface area contributed by atoms with E-state index in [1.807, 2.05) is 20.8 Å². The van der Waals surface area contributed by atoms with E-state index in [1.54, 1.807) is 4.68 Å². The minimum Gasteiger partial charge on any atom is -0.387 e. The third-order valence-electron chi connectivity index (χ3n) is 4.26. The summed E-state index contributed by atoms with van der Waals surface area (Å²) in [6, 6.07) is 3.49. The largest absolute Gasteiger partial charge is 0.387 e. The first-order chi connectivity index (χ1) is 10.6. The van der Waals surface area contributed by atoms with Gasteiger partial charge < -0.3 is 5.11 Å². The first-order valence-electron chi connectivity index (χ1n) is 7.39. The Labute approximate surface area is 139 Å². The van der Waals surface area contributed by atoms with Gasteiger partial charge in [-0.2, -0.15) is 0 Å². The zero-order valence-corrected chi connectivity index (χ0v) is 14.3. The quantitative estimate of drug-likeness (QED) is 0.817. The van der Waals surface area contributed by atoms with Crippen molar-refractivity contribution in [3.05, 3.63) is 46.5 Å². The predicted octanol–water partition coefficient (Wildman–Crippen LogP) is 3.63. The van der Waals surface area contributed by atoms with Crippen LogP contribution >= 0.6 is 12.2 Å². The average Bonchev–Trinajstić information content (AvgIpc) is 2.82. The van der Waals surface area contributed by atoms with Crippen molar-refractivity contribution in [3.63, 3.8) is 0 Å². The molecule has 4 nitrogen and oxygen atoms in total. The summed E-state index contributed by atoms with van der Waals surface area (Å²) in [5, 5.41) is 14.0. The molecule has 23 heavy (non-hydrogen) atoms. The molecule has 0 radical (unpaired) electrons. The highest BCUT2D eigenvalue weighted by molar-refractivity contribution is 7.71. The summed E-state index contributed by atoms with van der Waals surface area (Å²) in [6.45, 7) is 5.95. The molecule has 0 saturated heterocycles. The number of nitrogens with zero attached hydrogens (tertiary/aromatic N) is 2. The number of hydrogen-bond acceptors (Lipinski definition) is 3. The highest BCUT2D eigenvalue weighted by atomic mass is 32.1. The minimum absolute atomic E-state index is 0.220. The van der Waals surface area contributed by atoms with Crippen LogP contribution in [0.15, 0.2) is 24.5 Å². The van der Waals surface area contributed by atoms with E-state index in [-0.39, 0.29) is 6.54 Å². The van der Waals surface area contributed by atoms with Crippen LogP contribution < -0.4 is 0 Å². The predicted molar refractivity (Wildman–Crippen MR) is 86.5 cm³/mol. The summed E-state index contributed by atoms with van der Waals surface area (Å²) in [5.74, 6) is -1.21. The molecule has 0 aliphatic rings. The number of aryl methyl sites for hydroxylation is 1. The van der Waals surface area contributed by atoms with Gasteiger partial charge in [-0.1, -0.05) is 26.8 Å². The van der Waals surface area contributed by atoms with E-state index in [0.29, 0.717) is 23.2 Å². The lowest BCUT2D eigenvalue weighted by Gasteiger charge is -2.40. The Morgan fingerprint density at radius 2 is 2.00 bits per heavy atom. The van der Waals surface area contributed by atoms with Crippen LogP contribution in [-0.2, 0) is 13.0 Å². The average molecular weight is 341 g/mol. The number of halogens is 2. The Morgan fingerprint density at radius 3 is 2.52 bits per heavy atom. The van der Waals surface area contributed by atoms with Gasteiger partial charge in [0.1, 0.15) is 18.0 Å². The van der Waals surface area contributed by atoms with E-state index in [0.717, 1.165) is 6.07 Å². The highest BCUT2D eigenvalue weighted by Gasteiger charge is 2.40. The molecule has 2 aromatic rings. The summed E-state index contributed by atoms with van der Waals surface area (Å²) in [4.78, 5) is 3.93. The van der Waals surface area contributed by atoms with Crippen LogP contribution in [0.25, 0.3) is 0 Å². The Balaban J connectivity index is 2.22. The molecule has 1 heterocycles. The number of hydrogen-bond donors (Lipinski definition) is 2. The Kier molecular flexibility index (Phi) is 5.01. The van der Waals surface area contributed by atoms with Crippen molar-refractivity contribution in [1.29, 1.82) is 0 Å². The second kappa shape index (κ2) is 6.49. The molecular weight excluding hydrogens is 320 g/mol. The van der Waals surface area contributed by atoms with Gasteiger partial charge in [0.25, 0.3) is 0 Å². The Morgan fingerprint density at radius 1 is 1.30 bits per heavy atom. The fourth-order valence-corrected chi connectivity index (χ4v) is 2.58. The van der Waals surface area contributed by atoms with E-state index in [4.69, 9.17) is 12.2 Å². The summed E-state index contributed by atoms with van der Waals surface area (Å²) in [7, 11) is 0. The third-order valence-corrected chi connectivity index (χ3v) is 4.58. The fourth-order valence-electron chi connectivity index (χ4n) is 2.41. The SMILES string of the molecule is CC(C)(C)C(O)(CCc1ccc(F)cc1F)Cn1[nH]cnc1=S. The summed E-state index contributed by atoms with van der Waals surface area (Å²) in [6.07, 6.45) is 2.06. The smallest absolute Gasteiger partial charge is 0.215 e. The molecule has 0 saturated carbocycles. The lowest BCUT2D eigenvalue weighted by Crippen LogP contribution is -2.47. The van der Waals surface area contributed by atoms with Gasteiger partial charge in [-0.3, -0.25) is 9.78 Å². The number of nitrogens with one attached hydrogen (secondary N) is 1. The van der Waals surface area contributed by atoms with Crippen LogP contribution in [0.1, 0.15) is 32.8 Å². The fraction of sp³-hybridized carbons (Fsp3) is 0.500. The molecule has 7 heteroatoms. The van der Waals surface area contributed by atoms with E-state index in [9.17, 15) is 13.9 Å². The molecule has 2 rings (SSSR count). The molecule has 0 amide bonds. The van der Waals surface area contributed by atoms with Crippen molar-refractivity contribution < 1.29 is 13.9 Å². The van der Waals surface area contributed by atoms with Crippen LogP contribution in [-0.4, -0.2) is 25.5 Å². The highest BCUT2D eigenvalue weighted by Crippen LogP contribution is 2.36. The van der Waals surface area contributed by atoms with Gasteiger partial charge in [0.15, 0.2) is 0 Å². The zero-order chi connectivity index (χ0) is 17.3. The van der Waals surface area contributed by atoms with Gasteiger partial charge in [0.05, 0.1) is 12.1 Å². The second-order valence-corrected chi connectivity index (χ2v) is 7.14. The Bertz CT molecular complexity index is 735. The molecule has 126 valence electrons. The zero-order valence-electron chi connectivity index (χ0n) is 13.4. The maximum atomic E-state index is 13.8. The van der Waals surface area contributed by atoms with Crippen LogP contribution in [0.2, 0.25) is 0 Å². The van der Waals surface area contributed by atoms with E-state index >= 15 is 0 Å². The first kappa shape index (κ1) is 17.7. The summed E-state index contributed by atoms with van der Waals surface area (Å²) >= 11 is 5.10. The van der Waals surface area contributed by atoms with Crippen LogP contribution in [0, 0.1) is 21.8 Å². The maximum absolute atomic E-state index is 13.8. The van der Waals surface area contributed by atoms with Crippen molar-refractivity contribution in [2.24, 2.45) is 5.41 Å². The van der Waals surface area contributed by atoms with E-state index in [1.165, 1.54) is 18.5 Å². The van der Waals surface area contributed by atoms with Crippen molar-refractivity contribution >= 4 is 12.2 Å². The number of aromatic nitrogens is 3. The van der Waals surface area contributed by atoms with Crippen molar-refractivity contribution in [2.45, 2.75) is 45.8 Å². The number of rotatable bonds is 5. The number of H-pyrrole nitrogens is 1. The third kappa shape index (κ3) is 4.03. The lowest BCUT2D eigenvalue weighted by molar-refractivity contribution is -0.0799. The van der Waals surface area contributed by atoms with Gasteiger partial charge in [0.2, 0.25) is 4.77 Å². The summed E-state index contributed by atoms with van der Waals surface area (Å²) in [5.41, 5.74) is -1.23. The van der Waals surface area contributed by atoms with Crippen molar-refractivity contribution in [1.82, 2.24) is 14.8 Å². The van der Waals surface area contributed by atoms with E-state index < -0.39 is 22.7 Å². The maximum Gasteiger partial charge on any atom is 0.215 e. The standard InChI is InChI=1S/C16H21F2N3OS/c1-15(2,3)16(22,9-21-14(23)19-10-20-21)7-6-11-4-5-12(17)8-13(11)18/h4-5,8,10,22H,6-7,9H2,1-3H3,(H,19,20,23). The van der Waals surface area contributed by atoms with Crippen LogP contribution in [0.5, 0.6) is 0 Å².